The summed E-state index contributed by atoms with van der Waals surface area (Å²) in [5, 5.41) is 2.46. The highest BCUT2D eigenvalue weighted by atomic mass is 16.1. The lowest BCUT2D eigenvalue weighted by Crippen LogP contribution is -2.29. The lowest BCUT2D eigenvalue weighted by molar-refractivity contribution is -0.118. The Hall–Kier alpha value is -1.82. The van der Waals surface area contributed by atoms with E-state index >= 15 is 0 Å². The Kier molecular flexibility index (Phi) is 5.01. The summed E-state index contributed by atoms with van der Waals surface area (Å²) in [5.41, 5.74) is 8.38. The zero-order valence-corrected chi connectivity index (χ0v) is 8.29. The van der Waals surface area contributed by atoms with Gasteiger partial charge in [0.25, 0.3) is 0 Å². The SMILES string of the molecule is C=C(NN)/C(N)=C(/N=CC)NC(C)=O. The monoisotopic (exact) mass is 197 g/mol. The van der Waals surface area contributed by atoms with Crippen LogP contribution in [-0.2, 0) is 4.79 Å². The standard InChI is InChI=1S/C8H15N5O/c1-4-11-8(12-6(3)14)7(9)5(2)13-10/h4,13H,2,9-10H2,1,3H3,(H,12,14)/b8-7+,11-4?. The molecule has 0 rings (SSSR count). The Bertz CT molecular complexity index is 292. The maximum Gasteiger partial charge on any atom is 0.222 e. The van der Waals surface area contributed by atoms with Gasteiger partial charge in [-0.15, -0.1) is 0 Å². The van der Waals surface area contributed by atoms with Crippen molar-refractivity contribution in [2.45, 2.75) is 13.8 Å². The Morgan fingerprint density at radius 3 is 2.50 bits per heavy atom. The van der Waals surface area contributed by atoms with Gasteiger partial charge in [-0.25, -0.2) is 4.99 Å². The van der Waals surface area contributed by atoms with Gasteiger partial charge in [0.2, 0.25) is 5.91 Å². The fourth-order valence-corrected chi connectivity index (χ4v) is 0.686. The number of aliphatic imine (C=N–C) groups is 1. The van der Waals surface area contributed by atoms with Crippen LogP contribution in [0.25, 0.3) is 0 Å². The van der Waals surface area contributed by atoms with Gasteiger partial charge in [0.05, 0.1) is 11.4 Å². The highest BCUT2D eigenvalue weighted by molar-refractivity contribution is 5.75. The largest absolute Gasteiger partial charge is 0.394 e. The Morgan fingerprint density at radius 1 is 1.57 bits per heavy atom. The maximum absolute atomic E-state index is 10.8. The second-order valence-corrected chi connectivity index (χ2v) is 2.45. The molecule has 0 unspecified atom stereocenters. The number of nitrogens with zero attached hydrogens (tertiary/aromatic N) is 1. The van der Waals surface area contributed by atoms with Gasteiger partial charge in [-0.1, -0.05) is 6.58 Å². The van der Waals surface area contributed by atoms with Crippen LogP contribution in [0.4, 0.5) is 0 Å². The Labute approximate surface area is 82.7 Å². The summed E-state index contributed by atoms with van der Waals surface area (Å²) < 4.78 is 0. The molecule has 0 aliphatic rings. The van der Waals surface area contributed by atoms with E-state index in [2.05, 4.69) is 22.3 Å². The molecule has 0 spiro atoms. The zero-order valence-electron chi connectivity index (χ0n) is 8.29. The minimum absolute atomic E-state index is 0.195. The summed E-state index contributed by atoms with van der Waals surface area (Å²) in [6, 6.07) is 0. The van der Waals surface area contributed by atoms with E-state index in [1.807, 2.05) is 0 Å². The molecule has 0 aromatic heterocycles. The van der Waals surface area contributed by atoms with Crippen LogP contribution in [0, 0.1) is 0 Å². The molecule has 78 valence electrons. The van der Waals surface area contributed by atoms with Crippen LogP contribution in [0.1, 0.15) is 13.8 Å². The van der Waals surface area contributed by atoms with Gasteiger partial charge >= 0.3 is 0 Å². The second-order valence-electron chi connectivity index (χ2n) is 2.45. The van der Waals surface area contributed by atoms with Gasteiger partial charge in [0, 0.05) is 13.1 Å². The van der Waals surface area contributed by atoms with Crippen LogP contribution in [-0.4, -0.2) is 12.1 Å². The van der Waals surface area contributed by atoms with Crippen molar-refractivity contribution < 1.29 is 4.79 Å². The number of carbonyl (C=O) groups excluding carboxylic acids is 1. The van der Waals surface area contributed by atoms with Crippen LogP contribution in [0.5, 0.6) is 0 Å². The molecule has 0 aliphatic carbocycles. The number of rotatable bonds is 4. The quantitative estimate of drug-likeness (QED) is 0.207. The third-order valence-corrected chi connectivity index (χ3v) is 1.31. The summed E-state index contributed by atoms with van der Waals surface area (Å²) in [6.07, 6.45) is 1.50. The van der Waals surface area contributed by atoms with Crippen molar-refractivity contribution in [2.75, 3.05) is 0 Å². The van der Waals surface area contributed by atoms with Gasteiger partial charge in [-0.2, -0.15) is 0 Å². The van der Waals surface area contributed by atoms with Crippen molar-refractivity contribution in [3.63, 3.8) is 0 Å². The van der Waals surface area contributed by atoms with Crippen molar-refractivity contribution >= 4 is 12.1 Å². The molecular weight excluding hydrogens is 182 g/mol. The molecule has 0 aromatic rings. The maximum atomic E-state index is 10.8. The number of hydrazine groups is 1. The van der Waals surface area contributed by atoms with Crippen molar-refractivity contribution in [3.8, 4) is 0 Å². The summed E-state index contributed by atoms with van der Waals surface area (Å²) in [5.74, 6) is 5.07. The van der Waals surface area contributed by atoms with E-state index in [4.69, 9.17) is 11.6 Å². The normalized spacial score (nSPS) is 12.2. The molecule has 1 amide bonds. The first-order valence-corrected chi connectivity index (χ1v) is 3.94. The number of hydrogen-bond donors (Lipinski definition) is 4. The molecule has 0 saturated carbocycles. The first-order valence-electron chi connectivity index (χ1n) is 3.94. The van der Waals surface area contributed by atoms with Gasteiger partial charge in [0.15, 0.2) is 5.82 Å². The lowest BCUT2D eigenvalue weighted by atomic mass is 10.3. The average molecular weight is 197 g/mol. The molecule has 0 heterocycles. The van der Waals surface area contributed by atoms with Gasteiger partial charge < -0.3 is 16.5 Å². The predicted octanol–water partition coefficient (Wildman–Crippen LogP) is -0.682. The molecule has 0 saturated heterocycles. The van der Waals surface area contributed by atoms with E-state index in [1.165, 1.54) is 13.1 Å². The third kappa shape index (κ3) is 3.72. The van der Waals surface area contributed by atoms with E-state index in [0.29, 0.717) is 5.70 Å². The van der Waals surface area contributed by atoms with Gasteiger partial charge in [-0.3, -0.25) is 10.6 Å². The molecule has 0 fully saturated rings. The van der Waals surface area contributed by atoms with Crippen LogP contribution in [0.15, 0.2) is 28.8 Å². The molecular formula is C8H15N5O. The van der Waals surface area contributed by atoms with E-state index in [1.54, 1.807) is 6.92 Å². The van der Waals surface area contributed by atoms with Crippen LogP contribution < -0.4 is 22.3 Å². The summed E-state index contributed by atoms with van der Waals surface area (Å²) >= 11 is 0. The number of nitrogens with one attached hydrogen (secondary N) is 2. The van der Waals surface area contributed by atoms with Crippen molar-refractivity contribution in [1.82, 2.24) is 10.7 Å². The van der Waals surface area contributed by atoms with Gasteiger partial charge in [0.1, 0.15) is 0 Å². The molecule has 0 aromatic carbocycles. The molecule has 0 bridgehead atoms. The predicted molar refractivity (Wildman–Crippen MR) is 55.7 cm³/mol. The molecule has 0 aliphatic heterocycles. The highest BCUT2D eigenvalue weighted by Crippen LogP contribution is 2.02. The topological polar surface area (TPSA) is 106 Å². The lowest BCUT2D eigenvalue weighted by Gasteiger charge is -2.09. The average Bonchev–Trinajstić information content (AvgIpc) is 2.14. The molecule has 0 atom stereocenters. The van der Waals surface area contributed by atoms with Gasteiger partial charge in [-0.05, 0) is 6.92 Å². The first kappa shape index (κ1) is 12.2. The van der Waals surface area contributed by atoms with E-state index < -0.39 is 0 Å². The number of amides is 1. The first-order chi connectivity index (χ1) is 6.52. The summed E-state index contributed by atoms with van der Waals surface area (Å²) in [6.45, 7) is 6.60. The number of hydrogen-bond acceptors (Lipinski definition) is 5. The van der Waals surface area contributed by atoms with Crippen LogP contribution in [0.2, 0.25) is 0 Å². The Balaban J connectivity index is 4.94. The van der Waals surface area contributed by atoms with Crippen LogP contribution >= 0.6 is 0 Å². The van der Waals surface area contributed by atoms with E-state index in [-0.39, 0.29) is 17.4 Å². The minimum atomic E-state index is -0.265. The fraction of sp³-hybridized carbons (Fsp3) is 0.250. The summed E-state index contributed by atoms with van der Waals surface area (Å²) in [4.78, 5) is 14.7. The second kappa shape index (κ2) is 5.76. The third-order valence-electron chi connectivity index (χ3n) is 1.31. The zero-order chi connectivity index (χ0) is 11.1. The molecule has 6 N–H and O–H groups in total. The summed E-state index contributed by atoms with van der Waals surface area (Å²) in [7, 11) is 0. The highest BCUT2D eigenvalue weighted by Gasteiger charge is 2.05. The van der Waals surface area contributed by atoms with Crippen molar-refractivity contribution in [2.24, 2.45) is 16.6 Å². The van der Waals surface area contributed by atoms with Crippen molar-refractivity contribution in [1.29, 1.82) is 0 Å². The molecule has 6 nitrogen and oxygen atoms in total. The smallest absolute Gasteiger partial charge is 0.222 e. The molecule has 14 heavy (non-hydrogen) atoms. The molecule has 6 heteroatoms. The Morgan fingerprint density at radius 2 is 2.14 bits per heavy atom. The minimum Gasteiger partial charge on any atom is -0.394 e. The number of nitrogens with two attached hydrogens (primary N) is 2. The number of carbonyl (C=O) groups is 1. The van der Waals surface area contributed by atoms with E-state index in [9.17, 15) is 4.79 Å². The van der Waals surface area contributed by atoms with E-state index in [0.717, 1.165) is 0 Å². The fourth-order valence-electron chi connectivity index (χ4n) is 0.686. The molecule has 0 radical (unpaired) electrons. The van der Waals surface area contributed by atoms with Crippen LogP contribution in [0.3, 0.4) is 0 Å². The van der Waals surface area contributed by atoms with Crippen molar-refractivity contribution in [3.05, 3.63) is 23.8 Å².